The SMILES string of the molecule is COCCN(C(=O)CNC(C)C)C(C)COC. The lowest BCUT2D eigenvalue weighted by Crippen LogP contribution is -2.47. The Hall–Kier alpha value is -0.650. The van der Waals surface area contributed by atoms with Crippen LogP contribution in [0.25, 0.3) is 0 Å². The van der Waals surface area contributed by atoms with Crippen molar-refractivity contribution in [3.8, 4) is 0 Å². The van der Waals surface area contributed by atoms with E-state index in [4.69, 9.17) is 9.47 Å². The fourth-order valence-electron chi connectivity index (χ4n) is 1.50. The van der Waals surface area contributed by atoms with E-state index >= 15 is 0 Å². The predicted molar refractivity (Wildman–Crippen MR) is 68.1 cm³/mol. The fraction of sp³-hybridized carbons (Fsp3) is 0.917. The molecule has 1 atom stereocenters. The lowest BCUT2D eigenvalue weighted by molar-refractivity contribution is -0.134. The summed E-state index contributed by atoms with van der Waals surface area (Å²) in [4.78, 5) is 13.8. The van der Waals surface area contributed by atoms with Crippen molar-refractivity contribution < 1.29 is 14.3 Å². The second-order valence-corrected chi connectivity index (χ2v) is 4.42. The van der Waals surface area contributed by atoms with E-state index < -0.39 is 0 Å². The van der Waals surface area contributed by atoms with Gasteiger partial charge >= 0.3 is 0 Å². The number of nitrogens with one attached hydrogen (secondary N) is 1. The number of rotatable bonds is 9. The molecule has 0 heterocycles. The molecule has 0 aromatic rings. The van der Waals surface area contributed by atoms with Gasteiger partial charge in [-0.25, -0.2) is 0 Å². The molecular formula is C12H26N2O3. The van der Waals surface area contributed by atoms with Crippen molar-refractivity contribution in [3.63, 3.8) is 0 Å². The van der Waals surface area contributed by atoms with Crippen LogP contribution in [0.3, 0.4) is 0 Å². The third-order valence-corrected chi connectivity index (χ3v) is 2.46. The minimum absolute atomic E-state index is 0.0663. The summed E-state index contributed by atoms with van der Waals surface area (Å²) in [6.07, 6.45) is 0. The number of hydrogen-bond acceptors (Lipinski definition) is 4. The molecule has 0 saturated carbocycles. The highest BCUT2D eigenvalue weighted by atomic mass is 16.5. The molecule has 5 heteroatoms. The monoisotopic (exact) mass is 246 g/mol. The molecule has 0 spiro atoms. The molecule has 0 aromatic carbocycles. The lowest BCUT2D eigenvalue weighted by Gasteiger charge is -2.29. The van der Waals surface area contributed by atoms with E-state index in [0.717, 1.165) is 0 Å². The number of carbonyl (C=O) groups is 1. The van der Waals surface area contributed by atoms with Gasteiger partial charge in [0.25, 0.3) is 0 Å². The standard InChI is InChI=1S/C12H26N2O3/c1-10(2)13-8-12(15)14(6-7-16-4)11(3)9-17-5/h10-11,13H,6-9H2,1-5H3. The van der Waals surface area contributed by atoms with Crippen molar-refractivity contribution in [1.29, 1.82) is 0 Å². The average Bonchev–Trinajstić information content (AvgIpc) is 2.27. The van der Waals surface area contributed by atoms with Crippen molar-refractivity contribution in [1.82, 2.24) is 10.2 Å². The van der Waals surface area contributed by atoms with E-state index in [1.807, 2.05) is 20.8 Å². The van der Waals surface area contributed by atoms with Gasteiger partial charge in [0, 0.05) is 26.8 Å². The quantitative estimate of drug-likeness (QED) is 0.643. The summed E-state index contributed by atoms with van der Waals surface area (Å²) in [5, 5.41) is 3.13. The Morgan fingerprint density at radius 3 is 2.35 bits per heavy atom. The maximum atomic E-state index is 12.0. The fourth-order valence-corrected chi connectivity index (χ4v) is 1.50. The minimum Gasteiger partial charge on any atom is -0.383 e. The van der Waals surface area contributed by atoms with Crippen LogP contribution in [0.5, 0.6) is 0 Å². The summed E-state index contributed by atoms with van der Waals surface area (Å²) >= 11 is 0. The Balaban J connectivity index is 4.28. The summed E-state index contributed by atoms with van der Waals surface area (Å²) in [6, 6.07) is 0.373. The number of methoxy groups -OCH3 is 2. The van der Waals surface area contributed by atoms with E-state index in [0.29, 0.717) is 32.3 Å². The Morgan fingerprint density at radius 1 is 1.24 bits per heavy atom. The van der Waals surface area contributed by atoms with E-state index in [1.54, 1.807) is 19.1 Å². The number of nitrogens with zero attached hydrogens (tertiary/aromatic N) is 1. The highest BCUT2D eigenvalue weighted by molar-refractivity contribution is 5.78. The molecule has 0 aliphatic carbocycles. The van der Waals surface area contributed by atoms with Crippen LogP contribution >= 0.6 is 0 Å². The lowest BCUT2D eigenvalue weighted by atomic mass is 10.2. The zero-order valence-electron chi connectivity index (χ0n) is 11.7. The molecule has 0 bridgehead atoms. The van der Waals surface area contributed by atoms with Crippen LogP contribution in [0.1, 0.15) is 20.8 Å². The zero-order valence-corrected chi connectivity index (χ0v) is 11.7. The summed E-state index contributed by atoms with van der Waals surface area (Å²) in [7, 11) is 3.28. The molecule has 0 aromatic heterocycles. The normalized spacial score (nSPS) is 12.8. The first-order valence-electron chi connectivity index (χ1n) is 6.03. The number of amides is 1. The Labute approximate surface area is 104 Å². The molecule has 102 valence electrons. The predicted octanol–water partition coefficient (Wildman–Crippen LogP) is 0.494. The van der Waals surface area contributed by atoms with Crippen LogP contribution in [0.4, 0.5) is 0 Å². The van der Waals surface area contributed by atoms with Crippen LogP contribution in [0.15, 0.2) is 0 Å². The summed E-state index contributed by atoms with van der Waals surface area (Å²) in [6.45, 7) is 8.05. The first-order chi connectivity index (χ1) is 8.02. The van der Waals surface area contributed by atoms with Crippen molar-refractivity contribution >= 4 is 5.91 Å². The second kappa shape index (κ2) is 9.39. The van der Waals surface area contributed by atoms with Crippen molar-refractivity contribution in [2.45, 2.75) is 32.9 Å². The molecule has 0 aliphatic heterocycles. The van der Waals surface area contributed by atoms with E-state index in [1.165, 1.54) is 0 Å². The summed E-state index contributed by atoms with van der Waals surface area (Å²) < 4.78 is 10.1. The molecule has 0 radical (unpaired) electrons. The Morgan fingerprint density at radius 2 is 1.88 bits per heavy atom. The van der Waals surface area contributed by atoms with Crippen molar-refractivity contribution in [2.24, 2.45) is 0 Å². The van der Waals surface area contributed by atoms with E-state index in [2.05, 4.69) is 5.32 Å². The van der Waals surface area contributed by atoms with Gasteiger partial charge in [0.15, 0.2) is 0 Å². The van der Waals surface area contributed by atoms with Gasteiger partial charge in [-0.1, -0.05) is 13.8 Å². The highest BCUT2D eigenvalue weighted by Crippen LogP contribution is 2.00. The van der Waals surface area contributed by atoms with Crippen molar-refractivity contribution in [3.05, 3.63) is 0 Å². The number of hydrogen-bond donors (Lipinski definition) is 1. The molecular weight excluding hydrogens is 220 g/mol. The third-order valence-electron chi connectivity index (χ3n) is 2.46. The molecule has 0 rings (SSSR count). The van der Waals surface area contributed by atoms with E-state index in [9.17, 15) is 4.79 Å². The smallest absolute Gasteiger partial charge is 0.236 e. The van der Waals surface area contributed by atoms with Gasteiger partial charge in [0.2, 0.25) is 5.91 Å². The van der Waals surface area contributed by atoms with Gasteiger partial charge in [-0.15, -0.1) is 0 Å². The van der Waals surface area contributed by atoms with Gasteiger partial charge < -0.3 is 19.7 Å². The van der Waals surface area contributed by atoms with Crippen LogP contribution in [-0.4, -0.2) is 63.4 Å². The molecule has 1 N–H and O–H groups in total. The van der Waals surface area contributed by atoms with Gasteiger partial charge in [-0.05, 0) is 6.92 Å². The van der Waals surface area contributed by atoms with Crippen LogP contribution in [0, 0.1) is 0 Å². The summed E-state index contributed by atoms with van der Waals surface area (Å²) in [5.41, 5.74) is 0. The van der Waals surface area contributed by atoms with Crippen LogP contribution in [-0.2, 0) is 14.3 Å². The molecule has 5 nitrogen and oxygen atoms in total. The first kappa shape index (κ1) is 16.4. The van der Waals surface area contributed by atoms with Gasteiger partial charge in [-0.2, -0.15) is 0 Å². The second-order valence-electron chi connectivity index (χ2n) is 4.42. The third kappa shape index (κ3) is 7.31. The highest BCUT2D eigenvalue weighted by Gasteiger charge is 2.19. The minimum atomic E-state index is 0.0663. The molecule has 0 fully saturated rings. The largest absolute Gasteiger partial charge is 0.383 e. The average molecular weight is 246 g/mol. The number of carbonyl (C=O) groups excluding carboxylic acids is 1. The van der Waals surface area contributed by atoms with Gasteiger partial charge in [0.05, 0.1) is 25.8 Å². The molecule has 1 amide bonds. The molecule has 0 saturated heterocycles. The zero-order chi connectivity index (χ0) is 13.3. The molecule has 17 heavy (non-hydrogen) atoms. The Bertz CT molecular complexity index is 210. The molecule has 1 unspecified atom stereocenters. The van der Waals surface area contributed by atoms with Crippen LogP contribution < -0.4 is 5.32 Å². The maximum Gasteiger partial charge on any atom is 0.236 e. The van der Waals surface area contributed by atoms with Gasteiger partial charge in [0.1, 0.15) is 0 Å². The maximum absolute atomic E-state index is 12.0. The van der Waals surface area contributed by atoms with Crippen LogP contribution in [0.2, 0.25) is 0 Å². The van der Waals surface area contributed by atoms with Gasteiger partial charge in [-0.3, -0.25) is 4.79 Å². The van der Waals surface area contributed by atoms with Crippen molar-refractivity contribution in [2.75, 3.05) is 40.5 Å². The summed E-state index contributed by atoms with van der Waals surface area (Å²) in [5.74, 6) is 0.0836. The molecule has 0 aliphatic rings. The Kier molecular flexibility index (Phi) is 9.03. The topological polar surface area (TPSA) is 50.8 Å². The first-order valence-corrected chi connectivity index (χ1v) is 6.03. The number of ether oxygens (including phenoxy) is 2. The van der Waals surface area contributed by atoms with E-state index in [-0.39, 0.29) is 11.9 Å².